The standard InChI is InChI=1S/C9H12N2O4/c1-3-15-8(12)6-11-5-4-7(10-11)9(13)14-2/h4-5H,3,6H2,1-2H3. The molecule has 15 heavy (non-hydrogen) atoms. The second-order valence-electron chi connectivity index (χ2n) is 2.70. The Kier molecular flexibility index (Phi) is 3.84. The van der Waals surface area contributed by atoms with E-state index in [9.17, 15) is 9.59 Å². The molecule has 1 aromatic heterocycles. The molecule has 0 aliphatic heterocycles. The third kappa shape index (κ3) is 3.08. The number of aromatic nitrogens is 2. The van der Waals surface area contributed by atoms with Gasteiger partial charge in [-0.15, -0.1) is 0 Å². The highest BCUT2D eigenvalue weighted by atomic mass is 16.5. The van der Waals surface area contributed by atoms with Crippen molar-refractivity contribution in [3.8, 4) is 0 Å². The number of ether oxygens (including phenoxy) is 2. The van der Waals surface area contributed by atoms with Gasteiger partial charge >= 0.3 is 11.9 Å². The van der Waals surface area contributed by atoms with Gasteiger partial charge in [-0.1, -0.05) is 0 Å². The van der Waals surface area contributed by atoms with Crippen molar-refractivity contribution in [3.63, 3.8) is 0 Å². The second-order valence-corrected chi connectivity index (χ2v) is 2.70. The topological polar surface area (TPSA) is 70.4 Å². The van der Waals surface area contributed by atoms with Crippen LogP contribution >= 0.6 is 0 Å². The third-order valence-corrected chi connectivity index (χ3v) is 1.63. The lowest BCUT2D eigenvalue weighted by Crippen LogP contribution is -2.14. The minimum atomic E-state index is -0.530. The molecule has 0 aliphatic carbocycles. The zero-order chi connectivity index (χ0) is 11.3. The molecule has 0 saturated carbocycles. The first-order valence-electron chi connectivity index (χ1n) is 4.44. The fourth-order valence-electron chi connectivity index (χ4n) is 1.00. The van der Waals surface area contributed by atoms with Gasteiger partial charge in [0.05, 0.1) is 13.7 Å². The first-order valence-corrected chi connectivity index (χ1v) is 4.44. The number of carbonyl (C=O) groups is 2. The van der Waals surface area contributed by atoms with Gasteiger partial charge in [0.2, 0.25) is 0 Å². The maximum absolute atomic E-state index is 11.1. The fraction of sp³-hybridized carbons (Fsp3) is 0.444. The summed E-state index contributed by atoms with van der Waals surface area (Å²) in [6.45, 7) is 2.04. The third-order valence-electron chi connectivity index (χ3n) is 1.63. The normalized spacial score (nSPS) is 9.73. The lowest BCUT2D eigenvalue weighted by Gasteiger charge is -2.00. The Balaban J connectivity index is 2.60. The molecule has 1 heterocycles. The van der Waals surface area contributed by atoms with Crippen LogP contribution in [0, 0.1) is 0 Å². The van der Waals surface area contributed by atoms with Gasteiger partial charge in [-0.05, 0) is 13.0 Å². The fourth-order valence-corrected chi connectivity index (χ4v) is 1.00. The van der Waals surface area contributed by atoms with Crippen LogP contribution in [0.4, 0.5) is 0 Å². The first-order chi connectivity index (χ1) is 7.17. The highest BCUT2D eigenvalue weighted by molar-refractivity contribution is 5.86. The van der Waals surface area contributed by atoms with Crippen molar-refractivity contribution in [2.24, 2.45) is 0 Å². The lowest BCUT2D eigenvalue weighted by atomic mass is 10.4. The van der Waals surface area contributed by atoms with E-state index >= 15 is 0 Å². The molecule has 82 valence electrons. The van der Waals surface area contributed by atoms with Gasteiger partial charge < -0.3 is 9.47 Å². The van der Waals surface area contributed by atoms with Gasteiger partial charge in [0.25, 0.3) is 0 Å². The van der Waals surface area contributed by atoms with E-state index in [1.54, 1.807) is 6.92 Å². The maximum atomic E-state index is 11.1. The van der Waals surface area contributed by atoms with Gasteiger partial charge in [-0.2, -0.15) is 5.10 Å². The van der Waals surface area contributed by atoms with Gasteiger partial charge in [0.1, 0.15) is 6.54 Å². The summed E-state index contributed by atoms with van der Waals surface area (Å²) in [5.74, 6) is -0.922. The van der Waals surface area contributed by atoms with Crippen LogP contribution in [-0.2, 0) is 20.8 Å². The molecule has 0 fully saturated rings. The summed E-state index contributed by atoms with van der Waals surface area (Å²) in [4.78, 5) is 22.1. The Labute approximate surface area is 86.8 Å². The van der Waals surface area contributed by atoms with Crippen LogP contribution in [0.2, 0.25) is 0 Å². The predicted octanol–water partition coefficient (Wildman–Crippen LogP) is 0.233. The van der Waals surface area contributed by atoms with E-state index in [-0.39, 0.29) is 12.2 Å². The van der Waals surface area contributed by atoms with Crippen LogP contribution in [0.5, 0.6) is 0 Å². The van der Waals surface area contributed by atoms with Crippen molar-refractivity contribution in [1.29, 1.82) is 0 Å². The Bertz CT molecular complexity index is 359. The van der Waals surface area contributed by atoms with E-state index in [2.05, 4.69) is 9.84 Å². The molecule has 1 aromatic rings. The number of hydrogen-bond acceptors (Lipinski definition) is 5. The van der Waals surface area contributed by atoms with Gasteiger partial charge in [-0.25, -0.2) is 4.79 Å². The van der Waals surface area contributed by atoms with Gasteiger partial charge in [0.15, 0.2) is 5.69 Å². The van der Waals surface area contributed by atoms with Crippen molar-refractivity contribution in [2.45, 2.75) is 13.5 Å². The van der Waals surface area contributed by atoms with E-state index in [1.807, 2.05) is 0 Å². The van der Waals surface area contributed by atoms with E-state index in [0.29, 0.717) is 6.61 Å². The number of carbonyl (C=O) groups excluding carboxylic acids is 2. The molecular formula is C9H12N2O4. The molecule has 1 rings (SSSR count). The molecule has 0 radical (unpaired) electrons. The number of nitrogens with zero attached hydrogens (tertiary/aromatic N) is 2. The predicted molar refractivity (Wildman–Crippen MR) is 50.2 cm³/mol. The van der Waals surface area contributed by atoms with Crippen molar-refractivity contribution in [3.05, 3.63) is 18.0 Å². The summed E-state index contributed by atoms with van der Waals surface area (Å²) in [7, 11) is 1.27. The molecule has 0 unspecified atom stereocenters. The van der Waals surface area contributed by atoms with E-state index in [4.69, 9.17) is 4.74 Å². The van der Waals surface area contributed by atoms with Crippen LogP contribution in [-0.4, -0.2) is 35.4 Å². The van der Waals surface area contributed by atoms with E-state index < -0.39 is 11.9 Å². The summed E-state index contributed by atoms with van der Waals surface area (Å²) < 4.78 is 10.5. The largest absolute Gasteiger partial charge is 0.465 e. The van der Waals surface area contributed by atoms with Crippen molar-refractivity contribution in [1.82, 2.24) is 9.78 Å². The maximum Gasteiger partial charge on any atom is 0.358 e. The SMILES string of the molecule is CCOC(=O)Cn1ccc(C(=O)OC)n1. The first kappa shape index (κ1) is 11.2. The van der Waals surface area contributed by atoms with E-state index in [1.165, 1.54) is 24.1 Å². The molecule has 0 atom stereocenters. The van der Waals surface area contributed by atoms with Crippen molar-refractivity contribution < 1.29 is 19.1 Å². The average molecular weight is 212 g/mol. The summed E-state index contributed by atoms with van der Waals surface area (Å²) >= 11 is 0. The molecular weight excluding hydrogens is 200 g/mol. The molecule has 6 heteroatoms. The number of esters is 2. The van der Waals surface area contributed by atoms with Crippen LogP contribution < -0.4 is 0 Å². The Morgan fingerprint density at radius 2 is 2.27 bits per heavy atom. The summed E-state index contributed by atoms with van der Waals surface area (Å²) in [6, 6.07) is 1.48. The smallest absolute Gasteiger partial charge is 0.358 e. The average Bonchev–Trinajstić information content (AvgIpc) is 2.65. The molecule has 0 aliphatic rings. The van der Waals surface area contributed by atoms with Crippen molar-refractivity contribution in [2.75, 3.05) is 13.7 Å². The summed E-state index contributed by atoms with van der Waals surface area (Å²) in [5, 5.41) is 3.84. The highest BCUT2D eigenvalue weighted by Crippen LogP contribution is 1.98. The molecule has 6 nitrogen and oxygen atoms in total. The molecule has 0 bridgehead atoms. The van der Waals surface area contributed by atoms with Crippen LogP contribution in [0.15, 0.2) is 12.3 Å². The number of methoxy groups -OCH3 is 1. The van der Waals surface area contributed by atoms with Crippen molar-refractivity contribution >= 4 is 11.9 Å². The Hall–Kier alpha value is -1.85. The highest BCUT2D eigenvalue weighted by Gasteiger charge is 2.10. The minimum absolute atomic E-state index is 0.00909. The molecule has 0 N–H and O–H groups in total. The number of rotatable bonds is 4. The molecule has 0 saturated heterocycles. The van der Waals surface area contributed by atoms with Gasteiger partial charge in [-0.3, -0.25) is 9.48 Å². The molecule has 0 amide bonds. The summed E-state index contributed by atoms with van der Waals surface area (Å²) in [5.41, 5.74) is 0.168. The molecule has 0 spiro atoms. The minimum Gasteiger partial charge on any atom is -0.465 e. The molecule has 0 aromatic carbocycles. The second kappa shape index (κ2) is 5.14. The van der Waals surface area contributed by atoms with E-state index in [0.717, 1.165) is 0 Å². The quantitative estimate of drug-likeness (QED) is 0.668. The summed E-state index contributed by atoms with van der Waals surface area (Å²) in [6.07, 6.45) is 1.52. The van der Waals surface area contributed by atoms with Gasteiger partial charge in [0, 0.05) is 6.20 Å². The van der Waals surface area contributed by atoms with Crippen LogP contribution in [0.3, 0.4) is 0 Å². The Morgan fingerprint density at radius 3 is 2.87 bits per heavy atom. The lowest BCUT2D eigenvalue weighted by molar-refractivity contribution is -0.144. The zero-order valence-corrected chi connectivity index (χ0v) is 8.60. The zero-order valence-electron chi connectivity index (χ0n) is 8.60. The van der Waals surface area contributed by atoms with Crippen LogP contribution in [0.1, 0.15) is 17.4 Å². The monoisotopic (exact) mass is 212 g/mol. The Morgan fingerprint density at radius 1 is 1.53 bits per heavy atom. The number of hydrogen-bond donors (Lipinski definition) is 0. The van der Waals surface area contributed by atoms with Crippen LogP contribution in [0.25, 0.3) is 0 Å².